The van der Waals surface area contributed by atoms with E-state index in [0.717, 1.165) is 30.7 Å². The first-order valence-corrected chi connectivity index (χ1v) is 8.92. The van der Waals surface area contributed by atoms with Crippen LogP contribution in [0, 0.1) is 6.92 Å². The van der Waals surface area contributed by atoms with Crippen LogP contribution in [0.3, 0.4) is 0 Å². The summed E-state index contributed by atoms with van der Waals surface area (Å²) in [6.45, 7) is 7.14. The number of hydrogen-bond donors (Lipinski definition) is 2. The zero-order chi connectivity index (χ0) is 19.1. The highest BCUT2D eigenvalue weighted by Gasteiger charge is 2.11. The fourth-order valence-electron chi connectivity index (χ4n) is 2.38. The van der Waals surface area contributed by atoms with Crippen LogP contribution in [0.4, 0.5) is 5.95 Å². The summed E-state index contributed by atoms with van der Waals surface area (Å²) in [5.74, 6) is 0.721. The molecule has 0 saturated carbocycles. The molecule has 7 nitrogen and oxygen atoms in total. The van der Waals surface area contributed by atoms with Gasteiger partial charge in [-0.1, -0.05) is 11.6 Å². The third kappa shape index (κ3) is 6.40. The van der Waals surface area contributed by atoms with E-state index in [4.69, 9.17) is 31.9 Å². The van der Waals surface area contributed by atoms with Gasteiger partial charge in [0.2, 0.25) is 11.8 Å². The molecule has 0 bridgehead atoms. The first kappa shape index (κ1) is 20.4. The number of aliphatic hydroxyl groups excluding tert-OH is 1. The Morgan fingerprint density at radius 2 is 2.12 bits per heavy atom. The zero-order valence-electron chi connectivity index (χ0n) is 15.3. The maximum Gasteiger partial charge on any atom is 0.220 e. The van der Waals surface area contributed by atoms with E-state index in [1.807, 2.05) is 26.8 Å². The van der Waals surface area contributed by atoms with Gasteiger partial charge in [0, 0.05) is 23.9 Å². The molecule has 0 aliphatic carbocycles. The quantitative estimate of drug-likeness (QED) is 0.843. The maximum absolute atomic E-state index is 8.78. The van der Waals surface area contributed by atoms with E-state index in [-0.39, 0.29) is 18.2 Å². The van der Waals surface area contributed by atoms with E-state index in [2.05, 4.69) is 15.0 Å². The molecule has 3 N–H and O–H groups in total. The lowest BCUT2D eigenvalue weighted by Gasteiger charge is -2.15. The Balaban J connectivity index is 0.000000290. The van der Waals surface area contributed by atoms with Gasteiger partial charge >= 0.3 is 0 Å². The summed E-state index contributed by atoms with van der Waals surface area (Å²) in [4.78, 5) is 12.3. The van der Waals surface area contributed by atoms with Crippen molar-refractivity contribution in [1.29, 1.82) is 0 Å². The number of ether oxygens (including phenoxy) is 2. The van der Waals surface area contributed by atoms with Gasteiger partial charge in [-0.05, 0) is 39.7 Å². The average Bonchev–Trinajstić information content (AvgIpc) is 2.57. The van der Waals surface area contributed by atoms with Gasteiger partial charge in [0.1, 0.15) is 0 Å². The number of rotatable bonds is 3. The normalized spacial score (nSPS) is 16.8. The lowest BCUT2D eigenvalue weighted by molar-refractivity contribution is -0.00535. The number of pyridine rings is 1. The maximum atomic E-state index is 8.78. The van der Waals surface area contributed by atoms with E-state index in [0.29, 0.717) is 23.2 Å². The number of hydrogen-bond acceptors (Lipinski definition) is 7. The number of nitrogens with zero attached hydrogens (tertiary/aromatic N) is 3. The molecule has 0 amide bonds. The summed E-state index contributed by atoms with van der Waals surface area (Å²) >= 11 is 6.10. The first-order chi connectivity index (χ1) is 12.3. The molecular formula is C18H25ClN4O3. The molecule has 0 aromatic carbocycles. The van der Waals surface area contributed by atoms with Gasteiger partial charge in [0.05, 0.1) is 35.7 Å². The number of anilines is 1. The smallest absolute Gasteiger partial charge is 0.220 e. The predicted octanol–water partition coefficient (Wildman–Crippen LogP) is 3.03. The summed E-state index contributed by atoms with van der Waals surface area (Å²) in [6.07, 6.45) is 3.28. The molecular weight excluding hydrogens is 356 g/mol. The third-order valence-corrected chi connectivity index (χ3v) is 3.74. The lowest BCUT2D eigenvalue weighted by atomic mass is 10.1. The number of halogens is 1. The van der Waals surface area contributed by atoms with Crippen LogP contribution in [0.5, 0.6) is 5.88 Å². The second-order valence-electron chi connectivity index (χ2n) is 6.30. The van der Waals surface area contributed by atoms with Crippen LogP contribution in [0.15, 0.2) is 18.3 Å². The molecule has 0 radical (unpaired) electrons. The van der Waals surface area contributed by atoms with Gasteiger partial charge in [0.25, 0.3) is 0 Å². The molecule has 2 aromatic rings. The fourth-order valence-corrected chi connectivity index (χ4v) is 2.58. The molecule has 1 atom stereocenters. The Morgan fingerprint density at radius 1 is 1.35 bits per heavy atom. The molecule has 3 heterocycles. The number of aromatic nitrogens is 3. The second-order valence-corrected chi connectivity index (χ2v) is 6.70. The zero-order valence-corrected chi connectivity index (χ0v) is 16.0. The molecule has 1 fully saturated rings. The Morgan fingerprint density at radius 3 is 2.69 bits per heavy atom. The van der Waals surface area contributed by atoms with Crippen LogP contribution < -0.4 is 10.5 Å². The molecule has 1 aliphatic rings. The van der Waals surface area contributed by atoms with Crippen molar-refractivity contribution in [3.8, 4) is 17.1 Å². The third-order valence-electron chi connectivity index (χ3n) is 3.46. The van der Waals surface area contributed by atoms with Crippen LogP contribution in [-0.4, -0.2) is 45.5 Å². The number of aliphatic hydroxyl groups is 1. The average molecular weight is 381 g/mol. The summed E-state index contributed by atoms with van der Waals surface area (Å²) in [5.41, 5.74) is 7.80. The van der Waals surface area contributed by atoms with Crippen LogP contribution in [0.1, 0.15) is 32.4 Å². The number of nitrogens with two attached hydrogens (primary N) is 1. The van der Waals surface area contributed by atoms with E-state index in [9.17, 15) is 0 Å². The van der Waals surface area contributed by atoms with Gasteiger partial charge < -0.3 is 20.3 Å². The van der Waals surface area contributed by atoms with Crippen molar-refractivity contribution >= 4 is 17.5 Å². The van der Waals surface area contributed by atoms with Crippen molar-refractivity contribution < 1.29 is 14.6 Å². The summed E-state index contributed by atoms with van der Waals surface area (Å²) in [7, 11) is 0. The van der Waals surface area contributed by atoms with Crippen molar-refractivity contribution in [3.63, 3.8) is 0 Å². The summed E-state index contributed by atoms with van der Waals surface area (Å²) < 4.78 is 10.5. The molecule has 2 aromatic heterocycles. The van der Waals surface area contributed by atoms with E-state index in [1.54, 1.807) is 6.07 Å². The van der Waals surface area contributed by atoms with Crippen LogP contribution >= 0.6 is 11.6 Å². The van der Waals surface area contributed by atoms with Crippen LogP contribution in [-0.2, 0) is 4.74 Å². The topological polar surface area (TPSA) is 103 Å². The highest BCUT2D eigenvalue weighted by Crippen LogP contribution is 2.28. The predicted molar refractivity (Wildman–Crippen MR) is 101 cm³/mol. The molecule has 142 valence electrons. The highest BCUT2D eigenvalue weighted by molar-refractivity contribution is 6.32. The van der Waals surface area contributed by atoms with E-state index < -0.39 is 0 Å². The number of aryl methyl sites for hydroxylation is 1. The summed E-state index contributed by atoms with van der Waals surface area (Å²) in [6, 6.07) is 3.67. The Hall–Kier alpha value is -1.96. The SMILES string of the molecule is Cc1cc(-c2nc(N)ncc2Cl)cc(OC(C)C)n1.OC1CCCOC1. The Labute approximate surface area is 158 Å². The largest absolute Gasteiger partial charge is 0.475 e. The molecule has 26 heavy (non-hydrogen) atoms. The van der Waals surface area contributed by atoms with Crippen molar-refractivity contribution in [2.45, 2.75) is 45.8 Å². The van der Waals surface area contributed by atoms with E-state index in [1.165, 1.54) is 6.20 Å². The first-order valence-electron chi connectivity index (χ1n) is 8.54. The van der Waals surface area contributed by atoms with Gasteiger partial charge in [-0.25, -0.2) is 15.0 Å². The standard InChI is InChI=1S/C13H15ClN4O.C5H10O2/c1-7(2)19-11-5-9(4-8(3)17-11)12-10(14)6-16-13(15)18-12;6-5-2-1-3-7-4-5/h4-7H,1-3H3,(H2,15,16,18);5-6H,1-4H2. The van der Waals surface area contributed by atoms with Gasteiger partial charge in [-0.15, -0.1) is 0 Å². The second kappa shape index (κ2) is 9.66. The Bertz CT molecular complexity index is 722. The monoisotopic (exact) mass is 380 g/mol. The molecule has 1 aliphatic heterocycles. The van der Waals surface area contributed by atoms with E-state index >= 15 is 0 Å². The van der Waals surface area contributed by atoms with Crippen molar-refractivity contribution in [1.82, 2.24) is 15.0 Å². The molecule has 8 heteroatoms. The van der Waals surface area contributed by atoms with Crippen molar-refractivity contribution in [2.75, 3.05) is 18.9 Å². The lowest BCUT2D eigenvalue weighted by Crippen LogP contribution is -2.21. The van der Waals surface area contributed by atoms with Gasteiger partial charge in [-0.3, -0.25) is 0 Å². The molecule has 1 saturated heterocycles. The van der Waals surface area contributed by atoms with Gasteiger partial charge in [0.15, 0.2) is 0 Å². The summed E-state index contributed by atoms with van der Waals surface area (Å²) in [5, 5.41) is 9.22. The van der Waals surface area contributed by atoms with Crippen LogP contribution in [0.2, 0.25) is 5.02 Å². The minimum Gasteiger partial charge on any atom is -0.475 e. The highest BCUT2D eigenvalue weighted by atomic mass is 35.5. The fraction of sp³-hybridized carbons (Fsp3) is 0.500. The van der Waals surface area contributed by atoms with Gasteiger partial charge in [-0.2, -0.15) is 0 Å². The minimum absolute atomic E-state index is 0.0492. The number of nitrogen functional groups attached to an aromatic ring is 1. The molecule has 3 rings (SSSR count). The molecule has 0 spiro atoms. The van der Waals surface area contributed by atoms with Crippen molar-refractivity contribution in [2.24, 2.45) is 0 Å². The van der Waals surface area contributed by atoms with Crippen LogP contribution in [0.25, 0.3) is 11.3 Å². The minimum atomic E-state index is -0.186. The Kier molecular flexibility index (Phi) is 7.56. The van der Waals surface area contributed by atoms with Crippen molar-refractivity contribution in [3.05, 3.63) is 29.0 Å². The molecule has 1 unspecified atom stereocenters.